The minimum atomic E-state index is 0.140. The standard InChI is InChI=1S/C20H22N4S/c1-14-5-9-16(10-6-14)18-22-23-19(25)24(18)21-13-15-7-11-17(12-8-15)20(2,3)4/h5-13H,1-4H3,(H,23,25)/b21-13+. The fourth-order valence-electron chi connectivity index (χ4n) is 2.48. The van der Waals surface area contributed by atoms with Crippen molar-refractivity contribution >= 4 is 18.4 Å². The van der Waals surface area contributed by atoms with E-state index in [0.717, 1.165) is 11.1 Å². The Balaban J connectivity index is 1.90. The molecule has 0 fully saturated rings. The van der Waals surface area contributed by atoms with Crippen LogP contribution in [0.3, 0.4) is 0 Å². The number of hydrogen-bond acceptors (Lipinski definition) is 3. The predicted molar refractivity (Wildman–Crippen MR) is 106 cm³/mol. The summed E-state index contributed by atoms with van der Waals surface area (Å²) in [6.07, 6.45) is 1.80. The molecule has 0 radical (unpaired) electrons. The van der Waals surface area contributed by atoms with Gasteiger partial charge in [-0.05, 0) is 35.7 Å². The summed E-state index contributed by atoms with van der Waals surface area (Å²) in [5.74, 6) is 0.701. The number of aryl methyl sites for hydroxylation is 1. The average Bonchev–Trinajstić information content (AvgIpc) is 2.94. The van der Waals surface area contributed by atoms with Gasteiger partial charge in [0.15, 0.2) is 5.82 Å². The van der Waals surface area contributed by atoms with Crippen LogP contribution in [-0.4, -0.2) is 21.1 Å². The molecular formula is C20H22N4S. The van der Waals surface area contributed by atoms with Crippen molar-refractivity contribution < 1.29 is 0 Å². The van der Waals surface area contributed by atoms with Crippen LogP contribution in [0.15, 0.2) is 53.6 Å². The van der Waals surface area contributed by atoms with Crippen molar-refractivity contribution in [2.24, 2.45) is 5.10 Å². The molecule has 0 spiro atoms. The van der Waals surface area contributed by atoms with Crippen molar-refractivity contribution in [2.45, 2.75) is 33.1 Å². The first-order chi connectivity index (χ1) is 11.8. The molecule has 0 aliphatic heterocycles. The zero-order valence-electron chi connectivity index (χ0n) is 14.9. The second-order valence-corrected chi connectivity index (χ2v) is 7.53. The van der Waals surface area contributed by atoms with E-state index in [0.29, 0.717) is 10.6 Å². The van der Waals surface area contributed by atoms with Gasteiger partial charge in [-0.3, -0.25) is 0 Å². The third kappa shape index (κ3) is 3.94. The Labute approximate surface area is 153 Å². The number of nitrogens with zero attached hydrogens (tertiary/aromatic N) is 3. The zero-order chi connectivity index (χ0) is 18.0. The van der Waals surface area contributed by atoms with Crippen LogP contribution in [0.1, 0.15) is 37.5 Å². The van der Waals surface area contributed by atoms with Gasteiger partial charge in [-0.25, -0.2) is 5.10 Å². The largest absolute Gasteiger partial charge is 0.250 e. The molecule has 128 valence electrons. The first-order valence-corrected chi connectivity index (χ1v) is 8.65. The summed E-state index contributed by atoms with van der Waals surface area (Å²) in [7, 11) is 0. The molecule has 0 amide bonds. The molecule has 25 heavy (non-hydrogen) atoms. The quantitative estimate of drug-likeness (QED) is 0.528. The summed E-state index contributed by atoms with van der Waals surface area (Å²) in [6, 6.07) is 16.5. The first-order valence-electron chi connectivity index (χ1n) is 8.24. The number of aromatic nitrogens is 3. The molecule has 3 aromatic rings. The van der Waals surface area contributed by atoms with Gasteiger partial charge in [0.05, 0.1) is 6.21 Å². The third-order valence-corrected chi connectivity index (χ3v) is 4.32. The van der Waals surface area contributed by atoms with Crippen LogP contribution >= 0.6 is 12.2 Å². The molecule has 1 aromatic heterocycles. The lowest BCUT2D eigenvalue weighted by Gasteiger charge is -2.18. The third-order valence-electron chi connectivity index (χ3n) is 4.06. The van der Waals surface area contributed by atoms with Crippen molar-refractivity contribution in [3.8, 4) is 11.4 Å². The van der Waals surface area contributed by atoms with Crippen molar-refractivity contribution in [2.75, 3.05) is 0 Å². The molecule has 0 saturated carbocycles. The molecule has 5 heteroatoms. The van der Waals surface area contributed by atoms with Crippen LogP contribution in [0.5, 0.6) is 0 Å². The fourth-order valence-corrected chi connectivity index (χ4v) is 2.66. The van der Waals surface area contributed by atoms with E-state index in [1.54, 1.807) is 10.9 Å². The highest BCUT2D eigenvalue weighted by atomic mass is 32.1. The zero-order valence-corrected chi connectivity index (χ0v) is 15.8. The number of nitrogens with one attached hydrogen (secondary N) is 1. The highest BCUT2D eigenvalue weighted by Gasteiger charge is 2.12. The van der Waals surface area contributed by atoms with E-state index in [1.165, 1.54) is 11.1 Å². The predicted octanol–water partition coefficient (Wildman–Crippen LogP) is 5.10. The summed E-state index contributed by atoms with van der Waals surface area (Å²) in [5.41, 5.74) is 4.63. The molecule has 0 bridgehead atoms. The summed E-state index contributed by atoms with van der Waals surface area (Å²) in [4.78, 5) is 0. The van der Waals surface area contributed by atoms with Gasteiger partial charge >= 0.3 is 0 Å². The van der Waals surface area contributed by atoms with E-state index in [9.17, 15) is 0 Å². The molecule has 2 aromatic carbocycles. The summed E-state index contributed by atoms with van der Waals surface area (Å²) >= 11 is 5.31. The van der Waals surface area contributed by atoms with E-state index in [1.807, 2.05) is 24.3 Å². The normalized spacial score (nSPS) is 12.0. The molecule has 1 N–H and O–H groups in total. The fraction of sp³-hybridized carbons (Fsp3) is 0.250. The molecule has 0 atom stereocenters. The summed E-state index contributed by atoms with van der Waals surface area (Å²) < 4.78 is 2.12. The number of hydrogen-bond donors (Lipinski definition) is 1. The molecule has 4 nitrogen and oxygen atoms in total. The Hall–Kier alpha value is -2.53. The van der Waals surface area contributed by atoms with Gasteiger partial charge in [0.2, 0.25) is 4.77 Å². The number of rotatable bonds is 3. The molecule has 0 unspecified atom stereocenters. The SMILES string of the molecule is Cc1ccc(-c2n[nH]c(=S)n2/N=C/c2ccc(C(C)(C)C)cc2)cc1. The van der Waals surface area contributed by atoms with E-state index in [2.05, 4.69) is 67.3 Å². The monoisotopic (exact) mass is 350 g/mol. The second-order valence-electron chi connectivity index (χ2n) is 7.15. The van der Waals surface area contributed by atoms with Crippen LogP contribution in [-0.2, 0) is 5.41 Å². The Bertz CT molecular complexity index is 939. The molecule has 0 saturated heterocycles. The molecular weight excluding hydrogens is 328 g/mol. The topological polar surface area (TPSA) is 46.0 Å². The Morgan fingerprint density at radius 3 is 2.28 bits per heavy atom. The average molecular weight is 350 g/mol. The molecule has 3 rings (SSSR count). The molecule has 0 aliphatic carbocycles. The maximum Gasteiger partial charge on any atom is 0.216 e. The molecule has 1 heterocycles. The van der Waals surface area contributed by atoms with E-state index in [4.69, 9.17) is 12.2 Å². The van der Waals surface area contributed by atoms with Crippen LogP contribution in [0.4, 0.5) is 0 Å². The van der Waals surface area contributed by atoms with E-state index in [-0.39, 0.29) is 5.41 Å². The summed E-state index contributed by atoms with van der Waals surface area (Å²) in [6.45, 7) is 8.67. The van der Waals surface area contributed by atoms with Crippen LogP contribution < -0.4 is 0 Å². The number of H-pyrrole nitrogens is 1. The number of benzene rings is 2. The van der Waals surface area contributed by atoms with Crippen LogP contribution in [0.25, 0.3) is 11.4 Å². The Morgan fingerprint density at radius 2 is 1.68 bits per heavy atom. The van der Waals surface area contributed by atoms with Gasteiger partial charge < -0.3 is 0 Å². The van der Waals surface area contributed by atoms with Gasteiger partial charge in [0, 0.05) is 5.56 Å². The van der Waals surface area contributed by atoms with Gasteiger partial charge in [-0.15, -0.1) is 0 Å². The van der Waals surface area contributed by atoms with Gasteiger partial charge in [-0.1, -0.05) is 74.9 Å². The van der Waals surface area contributed by atoms with Crippen LogP contribution in [0, 0.1) is 11.7 Å². The van der Waals surface area contributed by atoms with Crippen molar-refractivity contribution in [1.29, 1.82) is 0 Å². The van der Waals surface area contributed by atoms with Crippen molar-refractivity contribution in [3.63, 3.8) is 0 Å². The smallest absolute Gasteiger partial charge is 0.216 e. The van der Waals surface area contributed by atoms with Crippen molar-refractivity contribution in [1.82, 2.24) is 14.9 Å². The second kappa shape index (κ2) is 6.76. The van der Waals surface area contributed by atoms with E-state index < -0.39 is 0 Å². The first kappa shape index (κ1) is 17.3. The van der Waals surface area contributed by atoms with Gasteiger partial charge in [-0.2, -0.15) is 14.9 Å². The maximum atomic E-state index is 5.31. The van der Waals surface area contributed by atoms with Gasteiger partial charge in [0.25, 0.3) is 0 Å². The molecule has 0 aliphatic rings. The van der Waals surface area contributed by atoms with Gasteiger partial charge in [0.1, 0.15) is 0 Å². The lowest BCUT2D eigenvalue weighted by atomic mass is 9.87. The lowest BCUT2D eigenvalue weighted by Crippen LogP contribution is -2.10. The lowest BCUT2D eigenvalue weighted by molar-refractivity contribution is 0.590. The maximum absolute atomic E-state index is 5.31. The Morgan fingerprint density at radius 1 is 1.04 bits per heavy atom. The van der Waals surface area contributed by atoms with Crippen molar-refractivity contribution in [3.05, 3.63) is 70.0 Å². The van der Waals surface area contributed by atoms with Crippen LogP contribution in [0.2, 0.25) is 0 Å². The minimum absolute atomic E-state index is 0.140. The highest BCUT2D eigenvalue weighted by Crippen LogP contribution is 2.22. The minimum Gasteiger partial charge on any atom is -0.250 e. The summed E-state index contributed by atoms with van der Waals surface area (Å²) in [5, 5.41) is 11.6. The van der Waals surface area contributed by atoms with E-state index >= 15 is 0 Å². The Kier molecular flexibility index (Phi) is 4.68. The highest BCUT2D eigenvalue weighted by molar-refractivity contribution is 7.71. The number of aromatic amines is 1.